The van der Waals surface area contributed by atoms with Crippen LogP contribution in [0.25, 0.3) is 0 Å². The van der Waals surface area contributed by atoms with Gasteiger partial charge in [0, 0.05) is 13.0 Å². The van der Waals surface area contributed by atoms with Crippen molar-refractivity contribution in [3.63, 3.8) is 0 Å². The predicted octanol–water partition coefficient (Wildman–Crippen LogP) is 0.421. The molecule has 1 aliphatic heterocycles. The second-order valence-corrected chi connectivity index (χ2v) is 4.29. The number of carbonyl (C=O) groups is 1. The Kier molecular flexibility index (Phi) is 3.22. The van der Waals surface area contributed by atoms with Crippen molar-refractivity contribution >= 4 is 5.91 Å². The van der Waals surface area contributed by atoms with Gasteiger partial charge >= 0.3 is 0 Å². The van der Waals surface area contributed by atoms with Crippen molar-refractivity contribution in [2.75, 3.05) is 13.2 Å². The van der Waals surface area contributed by atoms with Crippen LogP contribution in [0.15, 0.2) is 30.3 Å². The minimum atomic E-state index is -0.444. The maximum atomic E-state index is 11.6. The van der Waals surface area contributed by atoms with Crippen molar-refractivity contribution in [1.82, 2.24) is 5.32 Å². The molecule has 1 aliphatic rings. The number of rotatable bonds is 4. The highest BCUT2D eigenvalue weighted by atomic mass is 16.5. The van der Waals surface area contributed by atoms with Crippen LogP contribution in [0, 0.1) is 0 Å². The highest BCUT2D eigenvalue weighted by Gasteiger charge is 2.36. The standard InChI is InChI=1S/C12H16N2O2/c13-12(8-16-9-12)6-11(15)14-7-10-4-2-1-3-5-10/h1-5H,6-9,13H2,(H,14,15). The molecule has 1 fully saturated rings. The third kappa shape index (κ3) is 2.81. The van der Waals surface area contributed by atoms with Crippen LogP contribution in [0.2, 0.25) is 0 Å². The number of nitrogens with two attached hydrogens (primary N) is 1. The fourth-order valence-corrected chi connectivity index (χ4v) is 1.65. The number of hydrogen-bond acceptors (Lipinski definition) is 3. The van der Waals surface area contributed by atoms with Crippen molar-refractivity contribution in [1.29, 1.82) is 0 Å². The van der Waals surface area contributed by atoms with Crippen molar-refractivity contribution in [3.05, 3.63) is 35.9 Å². The first-order valence-corrected chi connectivity index (χ1v) is 5.35. The maximum Gasteiger partial charge on any atom is 0.222 e. The second kappa shape index (κ2) is 4.63. The zero-order chi connectivity index (χ0) is 11.4. The van der Waals surface area contributed by atoms with Crippen molar-refractivity contribution in [2.45, 2.75) is 18.5 Å². The minimum absolute atomic E-state index is 0.0188. The summed E-state index contributed by atoms with van der Waals surface area (Å²) < 4.78 is 5.00. The largest absolute Gasteiger partial charge is 0.377 e. The maximum absolute atomic E-state index is 11.6. The van der Waals surface area contributed by atoms with Gasteiger partial charge in [0.15, 0.2) is 0 Å². The molecule has 4 heteroatoms. The van der Waals surface area contributed by atoms with Crippen LogP contribution >= 0.6 is 0 Å². The van der Waals surface area contributed by atoms with Crippen LogP contribution in [-0.2, 0) is 16.1 Å². The molecule has 86 valence electrons. The zero-order valence-corrected chi connectivity index (χ0v) is 9.11. The van der Waals surface area contributed by atoms with E-state index in [1.54, 1.807) is 0 Å². The molecule has 0 atom stereocenters. The highest BCUT2D eigenvalue weighted by molar-refractivity contribution is 5.77. The fourth-order valence-electron chi connectivity index (χ4n) is 1.65. The van der Waals surface area contributed by atoms with E-state index in [2.05, 4.69) is 5.32 Å². The molecule has 1 aromatic rings. The van der Waals surface area contributed by atoms with Gasteiger partial charge < -0.3 is 15.8 Å². The topological polar surface area (TPSA) is 64.4 Å². The smallest absolute Gasteiger partial charge is 0.222 e. The van der Waals surface area contributed by atoms with Gasteiger partial charge in [0.25, 0.3) is 0 Å². The summed E-state index contributed by atoms with van der Waals surface area (Å²) in [6.07, 6.45) is 0.333. The summed E-state index contributed by atoms with van der Waals surface area (Å²) in [4.78, 5) is 11.6. The van der Waals surface area contributed by atoms with Crippen molar-refractivity contribution in [3.8, 4) is 0 Å². The summed E-state index contributed by atoms with van der Waals surface area (Å²) in [6.45, 7) is 1.51. The van der Waals surface area contributed by atoms with E-state index in [0.717, 1.165) is 5.56 Å². The Hall–Kier alpha value is -1.39. The van der Waals surface area contributed by atoms with Crippen LogP contribution in [0.3, 0.4) is 0 Å². The molecular weight excluding hydrogens is 204 g/mol. The molecule has 1 aromatic carbocycles. The van der Waals surface area contributed by atoms with Gasteiger partial charge in [0.2, 0.25) is 5.91 Å². The minimum Gasteiger partial charge on any atom is -0.377 e. The Balaban J connectivity index is 1.76. The molecular formula is C12H16N2O2. The summed E-state index contributed by atoms with van der Waals surface area (Å²) in [7, 11) is 0. The van der Waals surface area contributed by atoms with E-state index < -0.39 is 5.54 Å². The molecule has 0 unspecified atom stereocenters. The van der Waals surface area contributed by atoms with E-state index in [4.69, 9.17) is 10.5 Å². The molecule has 0 aromatic heterocycles. The molecule has 0 radical (unpaired) electrons. The lowest BCUT2D eigenvalue weighted by atomic mass is 9.94. The molecule has 1 heterocycles. The van der Waals surface area contributed by atoms with Gasteiger partial charge in [-0.05, 0) is 5.56 Å². The van der Waals surface area contributed by atoms with Crippen LogP contribution in [-0.4, -0.2) is 24.7 Å². The lowest BCUT2D eigenvalue weighted by Gasteiger charge is -2.37. The van der Waals surface area contributed by atoms with Gasteiger partial charge in [-0.1, -0.05) is 30.3 Å². The molecule has 0 aliphatic carbocycles. The molecule has 4 nitrogen and oxygen atoms in total. The summed E-state index contributed by atoms with van der Waals surface area (Å²) >= 11 is 0. The second-order valence-electron chi connectivity index (χ2n) is 4.29. The first kappa shape index (κ1) is 11.1. The summed E-state index contributed by atoms with van der Waals surface area (Å²) in [5.41, 5.74) is 6.53. The molecule has 1 amide bonds. The summed E-state index contributed by atoms with van der Waals surface area (Å²) in [5, 5.41) is 2.85. The van der Waals surface area contributed by atoms with Crippen LogP contribution < -0.4 is 11.1 Å². The number of benzene rings is 1. The first-order chi connectivity index (χ1) is 7.68. The highest BCUT2D eigenvalue weighted by Crippen LogP contribution is 2.17. The van der Waals surface area contributed by atoms with Crippen LogP contribution in [0.5, 0.6) is 0 Å². The molecule has 0 spiro atoms. The molecule has 3 N–H and O–H groups in total. The number of ether oxygens (including phenoxy) is 1. The molecule has 16 heavy (non-hydrogen) atoms. The third-order valence-corrected chi connectivity index (χ3v) is 2.62. The molecule has 0 bridgehead atoms. The van der Waals surface area contributed by atoms with E-state index in [9.17, 15) is 4.79 Å². The normalized spacial score (nSPS) is 17.6. The van der Waals surface area contributed by atoms with E-state index in [1.165, 1.54) is 0 Å². The van der Waals surface area contributed by atoms with Gasteiger partial charge in [-0.15, -0.1) is 0 Å². The lowest BCUT2D eigenvalue weighted by Crippen LogP contribution is -2.59. The predicted molar refractivity (Wildman–Crippen MR) is 60.6 cm³/mol. The zero-order valence-electron chi connectivity index (χ0n) is 9.11. The number of hydrogen-bond donors (Lipinski definition) is 2. The van der Waals surface area contributed by atoms with E-state index in [0.29, 0.717) is 26.2 Å². The summed E-state index contributed by atoms with van der Waals surface area (Å²) in [5.74, 6) is -0.0188. The SMILES string of the molecule is NC1(CC(=O)NCc2ccccc2)COC1. The number of nitrogens with one attached hydrogen (secondary N) is 1. The average molecular weight is 220 g/mol. The van der Waals surface area contributed by atoms with Gasteiger partial charge in [0.05, 0.1) is 18.8 Å². The van der Waals surface area contributed by atoms with Crippen molar-refractivity contribution < 1.29 is 9.53 Å². The Morgan fingerprint density at radius 3 is 2.62 bits per heavy atom. The first-order valence-electron chi connectivity index (χ1n) is 5.35. The molecule has 0 saturated carbocycles. The third-order valence-electron chi connectivity index (χ3n) is 2.62. The molecule has 2 rings (SSSR count). The van der Waals surface area contributed by atoms with Gasteiger partial charge in [-0.3, -0.25) is 4.79 Å². The van der Waals surface area contributed by atoms with Crippen LogP contribution in [0.4, 0.5) is 0 Å². The fraction of sp³-hybridized carbons (Fsp3) is 0.417. The van der Waals surface area contributed by atoms with Gasteiger partial charge in [0.1, 0.15) is 0 Å². The Morgan fingerprint density at radius 2 is 2.06 bits per heavy atom. The Bertz CT molecular complexity index is 361. The quantitative estimate of drug-likeness (QED) is 0.773. The van der Waals surface area contributed by atoms with Crippen molar-refractivity contribution in [2.24, 2.45) is 5.73 Å². The lowest BCUT2D eigenvalue weighted by molar-refractivity contribution is -0.128. The number of amides is 1. The van der Waals surface area contributed by atoms with E-state index in [1.807, 2.05) is 30.3 Å². The molecule has 1 saturated heterocycles. The van der Waals surface area contributed by atoms with Crippen LogP contribution in [0.1, 0.15) is 12.0 Å². The van der Waals surface area contributed by atoms with E-state index >= 15 is 0 Å². The van der Waals surface area contributed by atoms with Gasteiger partial charge in [-0.25, -0.2) is 0 Å². The average Bonchev–Trinajstić information content (AvgIpc) is 2.26. The Labute approximate surface area is 94.8 Å². The summed E-state index contributed by atoms with van der Waals surface area (Å²) in [6, 6.07) is 9.80. The van der Waals surface area contributed by atoms with Gasteiger partial charge in [-0.2, -0.15) is 0 Å². The Morgan fingerprint density at radius 1 is 1.38 bits per heavy atom. The monoisotopic (exact) mass is 220 g/mol. The number of carbonyl (C=O) groups excluding carboxylic acids is 1. The van der Waals surface area contributed by atoms with E-state index in [-0.39, 0.29) is 5.91 Å².